The molecular formula is C10H14ClIN2. The number of nitrogens with zero attached hydrogens (tertiary/aromatic N) is 2. The average molecular weight is 325 g/mol. The summed E-state index contributed by atoms with van der Waals surface area (Å²) < 4.78 is 0.956. The minimum Gasteiger partial charge on any atom is -0.237 e. The molecule has 0 bridgehead atoms. The van der Waals surface area contributed by atoms with E-state index in [4.69, 9.17) is 11.6 Å². The second-order valence-electron chi connectivity index (χ2n) is 3.76. The Morgan fingerprint density at radius 2 is 2.00 bits per heavy atom. The number of aryl methyl sites for hydroxylation is 2. The maximum absolute atomic E-state index is 5.98. The van der Waals surface area contributed by atoms with Crippen molar-refractivity contribution in [3.8, 4) is 0 Å². The van der Waals surface area contributed by atoms with Gasteiger partial charge in [-0.2, -0.15) is 0 Å². The minimum absolute atomic E-state index is 0.580. The number of rotatable bonds is 3. The van der Waals surface area contributed by atoms with Gasteiger partial charge >= 0.3 is 0 Å². The lowest BCUT2D eigenvalue weighted by Gasteiger charge is -2.06. The van der Waals surface area contributed by atoms with Gasteiger partial charge < -0.3 is 0 Å². The highest BCUT2D eigenvalue weighted by Gasteiger charge is 2.07. The maximum Gasteiger partial charge on any atom is 0.146 e. The molecular weight excluding hydrogens is 310 g/mol. The zero-order valence-electron chi connectivity index (χ0n) is 8.64. The summed E-state index contributed by atoms with van der Waals surface area (Å²) in [6.45, 7) is 6.36. The maximum atomic E-state index is 5.98. The van der Waals surface area contributed by atoms with Crippen LogP contribution in [0, 0.1) is 16.4 Å². The molecule has 0 N–H and O–H groups in total. The highest BCUT2D eigenvalue weighted by molar-refractivity contribution is 14.1. The highest BCUT2D eigenvalue weighted by Crippen LogP contribution is 2.19. The highest BCUT2D eigenvalue weighted by atomic mass is 127. The van der Waals surface area contributed by atoms with Crippen LogP contribution in [0.1, 0.15) is 31.8 Å². The van der Waals surface area contributed by atoms with E-state index in [9.17, 15) is 0 Å². The molecule has 1 aromatic heterocycles. The molecule has 0 fully saturated rings. The number of halogens is 2. The van der Waals surface area contributed by atoms with Crippen LogP contribution in [-0.4, -0.2) is 9.97 Å². The fraction of sp³-hybridized carbons (Fsp3) is 0.600. The molecule has 0 aromatic carbocycles. The van der Waals surface area contributed by atoms with Crippen LogP contribution in [-0.2, 0) is 6.42 Å². The molecule has 0 aliphatic rings. The predicted molar refractivity (Wildman–Crippen MR) is 67.7 cm³/mol. The summed E-state index contributed by atoms with van der Waals surface area (Å²) in [5.41, 5.74) is 0.976. The normalized spacial score (nSPS) is 11.0. The molecule has 1 heterocycles. The molecule has 1 rings (SSSR count). The van der Waals surface area contributed by atoms with E-state index in [1.165, 1.54) is 0 Å². The smallest absolute Gasteiger partial charge is 0.146 e. The second-order valence-corrected chi connectivity index (χ2v) is 5.20. The van der Waals surface area contributed by atoms with E-state index in [-0.39, 0.29) is 0 Å². The van der Waals surface area contributed by atoms with Crippen LogP contribution in [0.25, 0.3) is 0 Å². The van der Waals surface area contributed by atoms with E-state index in [1.54, 1.807) is 0 Å². The molecule has 0 radical (unpaired) electrons. The van der Waals surface area contributed by atoms with Crippen molar-refractivity contribution in [2.24, 2.45) is 5.92 Å². The SMILES string of the molecule is Cc1nc(CCC(C)C)nc(Cl)c1I. The van der Waals surface area contributed by atoms with Crippen LogP contribution in [0.15, 0.2) is 0 Å². The van der Waals surface area contributed by atoms with Crippen molar-refractivity contribution >= 4 is 34.2 Å². The third kappa shape index (κ3) is 3.35. The zero-order valence-corrected chi connectivity index (χ0v) is 11.6. The van der Waals surface area contributed by atoms with Crippen molar-refractivity contribution < 1.29 is 0 Å². The largest absolute Gasteiger partial charge is 0.237 e. The topological polar surface area (TPSA) is 25.8 Å². The van der Waals surface area contributed by atoms with Gasteiger partial charge in [0.15, 0.2) is 0 Å². The van der Waals surface area contributed by atoms with Gasteiger partial charge in [0, 0.05) is 6.42 Å². The summed E-state index contributed by atoms with van der Waals surface area (Å²) in [6, 6.07) is 0. The van der Waals surface area contributed by atoms with Crippen molar-refractivity contribution in [1.29, 1.82) is 0 Å². The molecule has 1 aromatic rings. The van der Waals surface area contributed by atoms with Crippen LogP contribution in [0.4, 0.5) is 0 Å². The Morgan fingerprint density at radius 1 is 1.36 bits per heavy atom. The van der Waals surface area contributed by atoms with Gasteiger partial charge in [0.25, 0.3) is 0 Å². The molecule has 0 atom stereocenters. The van der Waals surface area contributed by atoms with Crippen molar-refractivity contribution in [3.63, 3.8) is 0 Å². The summed E-state index contributed by atoms with van der Waals surface area (Å²) in [5, 5.41) is 0.580. The molecule has 2 nitrogen and oxygen atoms in total. The molecule has 0 spiro atoms. The summed E-state index contributed by atoms with van der Waals surface area (Å²) in [5.74, 6) is 1.54. The Balaban J connectivity index is 2.79. The van der Waals surface area contributed by atoms with Crippen molar-refractivity contribution in [3.05, 3.63) is 20.2 Å². The molecule has 0 saturated heterocycles. The molecule has 0 unspecified atom stereocenters. The van der Waals surface area contributed by atoms with E-state index < -0.39 is 0 Å². The predicted octanol–water partition coefficient (Wildman–Crippen LogP) is 3.63. The number of hydrogen-bond acceptors (Lipinski definition) is 2. The first-order chi connectivity index (χ1) is 6.50. The van der Waals surface area contributed by atoms with Gasteiger partial charge in [-0.25, -0.2) is 9.97 Å². The standard InChI is InChI=1S/C10H14ClIN2/c1-6(2)4-5-8-13-7(3)9(12)10(11)14-8/h6H,4-5H2,1-3H3. The van der Waals surface area contributed by atoms with Gasteiger partial charge in [-0.05, 0) is 41.9 Å². The summed E-state index contributed by atoms with van der Waals surface area (Å²) >= 11 is 8.15. The zero-order chi connectivity index (χ0) is 10.7. The third-order valence-electron chi connectivity index (χ3n) is 1.97. The summed E-state index contributed by atoms with van der Waals surface area (Å²) in [7, 11) is 0. The Kier molecular flexibility index (Phi) is 4.57. The van der Waals surface area contributed by atoms with Gasteiger partial charge in [-0.15, -0.1) is 0 Å². The van der Waals surface area contributed by atoms with Gasteiger partial charge in [-0.3, -0.25) is 0 Å². The molecule has 14 heavy (non-hydrogen) atoms. The average Bonchev–Trinajstić information content (AvgIpc) is 2.10. The lowest BCUT2D eigenvalue weighted by Crippen LogP contribution is -2.02. The molecule has 0 aliphatic carbocycles. The van der Waals surface area contributed by atoms with Gasteiger partial charge in [0.2, 0.25) is 0 Å². The van der Waals surface area contributed by atoms with Gasteiger partial charge in [0.1, 0.15) is 11.0 Å². The first-order valence-corrected chi connectivity index (χ1v) is 6.15. The van der Waals surface area contributed by atoms with Crippen LogP contribution in [0.5, 0.6) is 0 Å². The van der Waals surface area contributed by atoms with Crippen LogP contribution in [0.2, 0.25) is 5.15 Å². The number of aromatic nitrogens is 2. The van der Waals surface area contributed by atoms with Crippen molar-refractivity contribution in [2.45, 2.75) is 33.6 Å². The monoisotopic (exact) mass is 324 g/mol. The van der Waals surface area contributed by atoms with E-state index in [0.29, 0.717) is 11.1 Å². The fourth-order valence-electron chi connectivity index (χ4n) is 1.11. The van der Waals surface area contributed by atoms with E-state index in [2.05, 4.69) is 46.4 Å². The summed E-state index contributed by atoms with van der Waals surface area (Å²) in [4.78, 5) is 8.65. The summed E-state index contributed by atoms with van der Waals surface area (Å²) in [6.07, 6.45) is 2.02. The molecule has 4 heteroatoms. The Hall–Kier alpha value is 0.100. The lowest BCUT2D eigenvalue weighted by molar-refractivity contribution is 0.573. The third-order valence-corrected chi connectivity index (χ3v) is 3.85. The van der Waals surface area contributed by atoms with Crippen LogP contribution < -0.4 is 0 Å². The molecule has 0 aliphatic heterocycles. The van der Waals surface area contributed by atoms with E-state index in [0.717, 1.165) is 27.9 Å². The second kappa shape index (κ2) is 5.26. The Bertz CT molecular complexity index is 303. The van der Waals surface area contributed by atoms with E-state index >= 15 is 0 Å². The van der Waals surface area contributed by atoms with Gasteiger partial charge in [0.05, 0.1) is 9.26 Å². The molecule has 0 amide bonds. The van der Waals surface area contributed by atoms with E-state index in [1.807, 2.05) is 6.92 Å². The molecule has 0 saturated carbocycles. The quantitative estimate of drug-likeness (QED) is 0.627. The van der Waals surface area contributed by atoms with Crippen molar-refractivity contribution in [2.75, 3.05) is 0 Å². The number of hydrogen-bond donors (Lipinski definition) is 0. The lowest BCUT2D eigenvalue weighted by atomic mass is 10.1. The van der Waals surface area contributed by atoms with Crippen molar-refractivity contribution in [1.82, 2.24) is 9.97 Å². The Labute approximate surface area is 104 Å². The first-order valence-electron chi connectivity index (χ1n) is 4.69. The minimum atomic E-state index is 0.580. The Morgan fingerprint density at radius 3 is 2.50 bits per heavy atom. The first kappa shape index (κ1) is 12.2. The molecule has 78 valence electrons. The van der Waals surface area contributed by atoms with Crippen LogP contribution >= 0.6 is 34.2 Å². The van der Waals surface area contributed by atoms with Gasteiger partial charge in [-0.1, -0.05) is 25.4 Å². The van der Waals surface area contributed by atoms with Crippen LogP contribution in [0.3, 0.4) is 0 Å². The fourth-order valence-corrected chi connectivity index (χ4v) is 1.58.